The van der Waals surface area contributed by atoms with E-state index in [1.807, 2.05) is 4.90 Å². The van der Waals surface area contributed by atoms with Crippen molar-refractivity contribution in [1.29, 1.82) is 0 Å². The van der Waals surface area contributed by atoms with Crippen LogP contribution in [0.4, 0.5) is 0 Å². The summed E-state index contributed by atoms with van der Waals surface area (Å²) in [5, 5.41) is 0.787. The number of carbonyl (C=O) groups is 1. The van der Waals surface area contributed by atoms with E-state index < -0.39 is 0 Å². The molecule has 1 rings (SSSR count). The average Bonchev–Trinajstić information content (AvgIpc) is 2.59. The molecule has 1 aliphatic carbocycles. The highest BCUT2D eigenvalue weighted by Crippen LogP contribution is 2.23. The summed E-state index contributed by atoms with van der Waals surface area (Å²) in [6, 6.07) is 0.538. The highest BCUT2D eigenvalue weighted by Gasteiger charge is 2.24. The van der Waals surface area contributed by atoms with E-state index in [2.05, 4.69) is 22.9 Å². The SMILES string of the molecule is CCN(C(=O)CCBr)C1CCCC1. The first-order valence-electron chi connectivity index (χ1n) is 5.15. The normalized spacial score (nSPS) is 17.7. The molecular weight excluding hydrogens is 230 g/mol. The molecule has 0 N–H and O–H groups in total. The van der Waals surface area contributed by atoms with Gasteiger partial charge in [0.2, 0.25) is 5.91 Å². The Morgan fingerprint density at radius 2 is 2.08 bits per heavy atom. The molecule has 0 aliphatic heterocycles. The van der Waals surface area contributed by atoms with Gasteiger partial charge in [-0.15, -0.1) is 0 Å². The van der Waals surface area contributed by atoms with Crippen LogP contribution in [0.2, 0.25) is 0 Å². The van der Waals surface area contributed by atoms with Crippen LogP contribution in [0.25, 0.3) is 0 Å². The lowest BCUT2D eigenvalue weighted by Gasteiger charge is -2.27. The number of amides is 1. The van der Waals surface area contributed by atoms with Gasteiger partial charge >= 0.3 is 0 Å². The van der Waals surface area contributed by atoms with Crippen molar-refractivity contribution < 1.29 is 4.79 Å². The van der Waals surface area contributed by atoms with Crippen LogP contribution in [0.3, 0.4) is 0 Å². The standard InChI is InChI=1S/C10H18BrNO/c1-2-12(10(13)7-8-11)9-5-3-4-6-9/h9H,2-8H2,1H3. The first-order chi connectivity index (χ1) is 6.29. The van der Waals surface area contributed by atoms with Gasteiger partial charge in [0.05, 0.1) is 0 Å². The largest absolute Gasteiger partial charge is 0.340 e. The summed E-state index contributed by atoms with van der Waals surface area (Å²) >= 11 is 3.31. The molecule has 2 nitrogen and oxygen atoms in total. The number of carbonyl (C=O) groups excluding carboxylic acids is 1. The molecular formula is C10H18BrNO. The second-order valence-corrected chi connectivity index (χ2v) is 4.35. The van der Waals surface area contributed by atoms with Crippen molar-refractivity contribution in [2.75, 3.05) is 11.9 Å². The Bertz CT molecular complexity index is 166. The Morgan fingerprint density at radius 1 is 1.46 bits per heavy atom. The fourth-order valence-electron chi connectivity index (χ4n) is 2.08. The average molecular weight is 248 g/mol. The highest BCUT2D eigenvalue weighted by molar-refractivity contribution is 9.09. The van der Waals surface area contributed by atoms with E-state index in [4.69, 9.17) is 0 Å². The van der Waals surface area contributed by atoms with Gasteiger partial charge in [0.1, 0.15) is 0 Å². The predicted molar refractivity (Wildman–Crippen MR) is 58.1 cm³/mol. The van der Waals surface area contributed by atoms with E-state index in [9.17, 15) is 4.79 Å². The van der Waals surface area contributed by atoms with E-state index in [0.29, 0.717) is 18.4 Å². The molecule has 0 atom stereocenters. The van der Waals surface area contributed by atoms with Crippen LogP contribution >= 0.6 is 15.9 Å². The number of hydrogen-bond acceptors (Lipinski definition) is 1. The molecule has 0 bridgehead atoms. The van der Waals surface area contributed by atoms with E-state index >= 15 is 0 Å². The number of rotatable bonds is 4. The third-order valence-corrected chi connectivity index (χ3v) is 3.13. The molecule has 0 unspecified atom stereocenters. The summed E-state index contributed by atoms with van der Waals surface area (Å²) in [4.78, 5) is 13.7. The summed E-state index contributed by atoms with van der Waals surface area (Å²) < 4.78 is 0. The van der Waals surface area contributed by atoms with Crippen LogP contribution in [0.1, 0.15) is 39.0 Å². The van der Waals surface area contributed by atoms with Gasteiger partial charge in [0.25, 0.3) is 0 Å². The molecule has 1 aliphatic rings. The van der Waals surface area contributed by atoms with Crippen LogP contribution in [-0.2, 0) is 4.79 Å². The molecule has 0 aromatic carbocycles. The maximum Gasteiger partial charge on any atom is 0.223 e. The van der Waals surface area contributed by atoms with Crippen molar-refractivity contribution in [3.8, 4) is 0 Å². The third kappa shape index (κ3) is 2.97. The Kier molecular flexibility index (Phi) is 4.78. The first kappa shape index (κ1) is 11.0. The fraction of sp³-hybridized carbons (Fsp3) is 0.900. The first-order valence-corrected chi connectivity index (χ1v) is 6.27. The second-order valence-electron chi connectivity index (χ2n) is 3.56. The fourth-order valence-corrected chi connectivity index (χ4v) is 2.42. The topological polar surface area (TPSA) is 20.3 Å². The Balaban J connectivity index is 2.44. The van der Waals surface area contributed by atoms with Crippen molar-refractivity contribution in [1.82, 2.24) is 4.90 Å². The van der Waals surface area contributed by atoms with E-state index in [-0.39, 0.29) is 0 Å². The zero-order valence-electron chi connectivity index (χ0n) is 8.26. The summed E-state index contributed by atoms with van der Waals surface area (Å²) in [7, 11) is 0. The number of alkyl halides is 1. The molecule has 1 amide bonds. The van der Waals surface area contributed by atoms with Gasteiger partial charge < -0.3 is 4.90 Å². The maximum atomic E-state index is 11.7. The van der Waals surface area contributed by atoms with Gasteiger partial charge in [-0.3, -0.25) is 4.79 Å². The smallest absolute Gasteiger partial charge is 0.223 e. The lowest BCUT2D eigenvalue weighted by Crippen LogP contribution is -2.38. The number of nitrogens with zero attached hydrogens (tertiary/aromatic N) is 1. The third-order valence-electron chi connectivity index (χ3n) is 2.73. The monoisotopic (exact) mass is 247 g/mol. The van der Waals surface area contributed by atoms with Gasteiger partial charge in [-0.1, -0.05) is 28.8 Å². The molecule has 0 aromatic heterocycles. The van der Waals surface area contributed by atoms with Gasteiger partial charge in [-0.2, -0.15) is 0 Å². The molecule has 0 spiro atoms. The molecule has 0 radical (unpaired) electrons. The Hall–Kier alpha value is -0.0500. The van der Waals surface area contributed by atoms with Crippen LogP contribution in [-0.4, -0.2) is 28.7 Å². The van der Waals surface area contributed by atoms with E-state index in [1.165, 1.54) is 25.7 Å². The van der Waals surface area contributed by atoms with Crippen molar-refractivity contribution >= 4 is 21.8 Å². The number of halogens is 1. The van der Waals surface area contributed by atoms with Crippen molar-refractivity contribution in [2.45, 2.75) is 45.1 Å². The van der Waals surface area contributed by atoms with Crippen LogP contribution in [0, 0.1) is 0 Å². The van der Waals surface area contributed by atoms with Crippen molar-refractivity contribution in [2.24, 2.45) is 0 Å². The van der Waals surface area contributed by atoms with E-state index in [1.54, 1.807) is 0 Å². The van der Waals surface area contributed by atoms with Crippen molar-refractivity contribution in [3.05, 3.63) is 0 Å². The Morgan fingerprint density at radius 3 is 2.54 bits per heavy atom. The minimum absolute atomic E-state index is 0.311. The lowest BCUT2D eigenvalue weighted by atomic mass is 10.2. The predicted octanol–water partition coefficient (Wildman–Crippen LogP) is 2.56. The molecule has 1 saturated carbocycles. The number of hydrogen-bond donors (Lipinski definition) is 0. The van der Waals surface area contributed by atoms with Crippen LogP contribution < -0.4 is 0 Å². The second kappa shape index (κ2) is 5.63. The molecule has 13 heavy (non-hydrogen) atoms. The molecule has 76 valence electrons. The van der Waals surface area contributed by atoms with Crippen LogP contribution in [0.15, 0.2) is 0 Å². The maximum absolute atomic E-state index is 11.7. The zero-order chi connectivity index (χ0) is 9.68. The minimum atomic E-state index is 0.311. The molecule has 0 aromatic rings. The van der Waals surface area contributed by atoms with Gasteiger partial charge in [-0.05, 0) is 19.8 Å². The summed E-state index contributed by atoms with van der Waals surface area (Å²) in [6.07, 6.45) is 5.65. The highest BCUT2D eigenvalue weighted by atomic mass is 79.9. The van der Waals surface area contributed by atoms with Crippen LogP contribution in [0.5, 0.6) is 0 Å². The molecule has 0 heterocycles. The lowest BCUT2D eigenvalue weighted by molar-refractivity contribution is -0.132. The van der Waals surface area contributed by atoms with E-state index in [0.717, 1.165) is 11.9 Å². The quantitative estimate of drug-likeness (QED) is 0.700. The summed E-state index contributed by atoms with van der Waals surface area (Å²) in [5.41, 5.74) is 0. The molecule has 1 fully saturated rings. The molecule has 0 saturated heterocycles. The van der Waals surface area contributed by atoms with Crippen molar-refractivity contribution in [3.63, 3.8) is 0 Å². The summed E-state index contributed by atoms with van der Waals surface area (Å²) in [6.45, 7) is 2.95. The van der Waals surface area contributed by atoms with Gasteiger partial charge in [-0.25, -0.2) is 0 Å². The van der Waals surface area contributed by atoms with Gasteiger partial charge in [0, 0.05) is 24.3 Å². The zero-order valence-corrected chi connectivity index (χ0v) is 9.85. The Labute approximate surface area is 88.8 Å². The van der Waals surface area contributed by atoms with Gasteiger partial charge in [0.15, 0.2) is 0 Å². The summed E-state index contributed by atoms with van der Waals surface area (Å²) in [5.74, 6) is 0.311. The molecule has 3 heteroatoms. The minimum Gasteiger partial charge on any atom is -0.340 e.